The molecule has 1 fully saturated rings. The number of halogens is 3. The molecule has 0 atom stereocenters. The second-order valence-corrected chi connectivity index (χ2v) is 6.26. The first-order valence-corrected chi connectivity index (χ1v) is 8.18. The largest absolute Gasteiger partial charge is 0.381 e. The highest BCUT2D eigenvalue weighted by Crippen LogP contribution is 2.30. The molecule has 0 saturated carbocycles. The molecule has 0 aromatic carbocycles. The minimum atomic E-state index is -0.599. The number of nitrogens with one attached hydrogen (secondary N) is 1. The number of nitrogens with zero attached hydrogens (tertiary/aromatic N) is 2. The second kappa shape index (κ2) is 7.43. The third-order valence-corrected chi connectivity index (χ3v) is 4.45. The Hall–Kier alpha value is -1.43. The van der Waals surface area contributed by atoms with Gasteiger partial charge in [0.1, 0.15) is 5.82 Å². The van der Waals surface area contributed by atoms with Crippen LogP contribution in [0, 0.1) is 11.9 Å². The van der Waals surface area contributed by atoms with Crippen LogP contribution in [-0.4, -0.2) is 29.7 Å². The maximum atomic E-state index is 13.4. The number of pyridine rings is 2. The first-order chi connectivity index (χ1) is 11.1. The van der Waals surface area contributed by atoms with Crippen molar-refractivity contribution in [3.63, 3.8) is 0 Å². The third-order valence-electron chi connectivity index (χ3n) is 3.84. The fourth-order valence-electron chi connectivity index (χ4n) is 2.52. The van der Waals surface area contributed by atoms with Gasteiger partial charge in [-0.2, -0.15) is 4.39 Å². The minimum absolute atomic E-state index is 0.344. The number of aromatic nitrogens is 2. The lowest BCUT2D eigenvalue weighted by atomic mass is 10.0. The van der Waals surface area contributed by atoms with Crippen LogP contribution in [0.25, 0.3) is 11.3 Å². The van der Waals surface area contributed by atoms with Crippen LogP contribution in [0.1, 0.15) is 12.8 Å². The summed E-state index contributed by atoms with van der Waals surface area (Å²) in [5.74, 6) is 0.508. The zero-order valence-electron chi connectivity index (χ0n) is 12.4. The molecule has 0 spiro atoms. The van der Waals surface area contributed by atoms with Crippen molar-refractivity contribution >= 4 is 29.0 Å². The van der Waals surface area contributed by atoms with Gasteiger partial charge in [-0.1, -0.05) is 23.2 Å². The highest BCUT2D eigenvalue weighted by molar-refractivity contribution is 6.33. The Morgan fingerprint density at radius 2 is 2.00 bits per heavy atom. The monoisotopic (exact) mass is 355 g/mol. The topological polar surface area (TPSA) is 47.0 Å². The first kappa shape index (κ1) is 16.4. The van der Waals surface area contributed by atoms with Crippen LogP contribution >= 0.6 is 23.2 Å². The summed E-state index contributed by atoms with van der Waals surface area (Å²) >= 11 is 12.3. The van der Waals surface area contributed by atoms with Crippen LogP contribution in [-0.2, 0) is 4.74 Å². The van der Waals surface area contributed by atoms with Gasteiger partial charge >= 0.3 is 0 Å². The van der Waals surface area contributed by atoms with E-state index in [1.54, 1.807) is 12.1 Å². The van der Waals surface area contributed by atoms with Gasteiger partial charge in [0.25, 0.3) is 0 Å². The van der Waals surface area contributed by atoms with Gasteiger partial charge in [-0.25, -0.2) is 9.97 Å². The quantitative estimate of drug-likeness (QED) is 0.824. The minimum Gasteiger partial charge on any atom is -0.381 e. The number of anilines is 1. The fourth-order valence-corrected chi connectivity index (χ4v) is 2.89. The van der Waals surface area contributed by atoms with Gasteiger partial charge in [0, 0.05) is 37.6 Å². The zero-order valence-corrected chi connectivity index (χ0v) is 13.9. The van der Waals surface area contributed by atoms with Crippen LogP contribution in [0.5, 0.6) is 0 Å². The summed E-state index contributed by atoms with van der Waals surface area (Å²) in [5, 5.41) is 4.14. The lowest BCUT2D eigenvalue weighted by Crippen LogP contribution is -2.23. The van der Waals surface area contributed by atoms with Crippen LogP contribution in [0.15, 0.2) is 24.4 Å². The maximum absolute atomic E-state index is 13.4. The molecule has 1 aliphatic rings. The molecule has 0 amide bonds. The van der Waals surface area contributed by atoms with Crippen LogP contribution < -0.4 is 5.32 Å². The molecule has 1 aliphatic heterocycles. The van der Waals surface area contributed by atoms with E-state index in [0.717, 1.165) is 32.6 Å². The van der Waals surface area contributed by atoms with Gasteiger partial charge in [-0.3, -0.25) is 0 Å². The van der Waals surface area contributed by atoms with Crippen molar-refractivity contribution in [1.82, 2.24) is 9.97 Å². The molecule has 1 saturated heterocycles. The third kappa shape index (κ3) is 4.10. The molecule has 4 nitrogen and oxygen atoms in total. The summed E-state index contributed by atoms with van der Waals surface area (Å²) in [5.41, 5.74) is 1.04. The lowest BCUT2D eigenvalue weighted by Gasteiger charge is -2.22. The Labute approximate surface area is 144 Å². The lowest BCUT2D eigenvalue weighted by molar-refractivity contribution is 0.0699. The normalized spacial score (nSPS) is 15.6. The first-order valence-electron chi connectivity index (χ1n) is 7.43. The highest BCUT2D eigenvalue weighted by Gasteiger charge is 2.15. The van der Waals surface area contributed by atoms with E-state index in [-0.39, 0.29) is 0 Å². The van der Waals surface area contributed by atoms with Gasteiger partial charge in [-0.15, -0.1) is 0 Å². The molecule has 122 valence electrons. The average molecular weight is 356 g/mol. The van der Waals surface area contributed by atoms with E-state index >= 15 is 0 Å². The molecule has 23 heavy (non-hydrogen) atoms. The summed E-state index contributed by atoms with van der Waals surface area (Å²) < 4.78 is 18.7. The van der Waals surface area contributed by atoms with Crippen molar-refractivity contribution < 1.29 is 9.13 Å². The highest BCUT2D eigenvalue weighted by atomic mass is 35.5. The Morgan fingerprint density at radius 3 is 2.78 bits per heavy atom. The van der Waals surface area contributed by atoms with Crippen molar-refractivity contribution in [2.75, 3.05) is 25.1 Å². The molecule has 0 bridgehead atoms. The Bertz CT molecular complexity index is 693. The Balaban J connectivity index is 1.79. The number of rotatable bonds is 4. The summed E-state index contributed by atoms with van der Waals surface area (Å²) in [6, 6.07) is 4.70. The maximum Gasteiger partial charge on any atom is 0.213 e. The van der Waals surface area contributed by atoms with Crippen LogP contribution in [0.3, 0.4) is 0 Å². The predicted octanol–water partition coefficient (Wildman–Crippen LogP) is 4.43. The van der Waals surface area contributed by atoms with Gasteiger partial charge in [0.2, 0.25) is 5.95 Å². The van der Waals surface area contributed by atoms with Gasteiger partial charge < -0.3 is 10.1 Å². The summed E-state index contributed by atoms with van der Waals surface area (Å²) in [6.45, 7) is 2.36. The molecule has 1 N–H and O–H groups in total. The summed E-state index contributed by atoms with van der Waals surface area (Å²) in [7, 11) is 0. The Morgan fingerprint density at radius 1 is 1.22 bits per heavy atom. The van der Waals surface area contributed by atoms with Crippen LogP contribution in [0.2, 0.25) is 10.0 Å². The standard InChI is InChI=1S/C16H16Cl2FN3O/c17-12-1-2-14(11-7-15(19)20-9-13(11)18)22-16(12)21-8-10-3-5-23-6-4-10/h1-2,7,9-10H,3-6,8H2,(H,21,22). The predicted molar refractivity (Wildman–Crippen MR) is 89.5 cm³/mol. The van der Waals surface area contributed by atoms with Crippen LogP contribution in [0.4, 0.5) is 10.2 Å². The van der Waals surface area contributed by atoms with E-state index in [1.165, 1.54) is 12.3 Å². The van der Waals surface area contributed by atoms with E-state index < -0.39 is 5.95 Å². The summed E-state index contributed by atoms with van der Waals surface area (Å²) in [4.78, 5) is 8.00. The second-order valence-electron chi connectivity index (χ2n) is 5.45. The number of ether oxygens (including phenoxy) is 1. The SMILES string of the molecule is Fc1cc(-c2ccc(Cl)c(NCC3CCOCC3)n2)c(Cl)cn1. The number of hydrogen-bond donors (Lipinski definition) is 1. The molecule has 2 aromatic heterocycles. The smallest absolute Gasteiger partial charge is 0.213 e. The molecular formula is C16H16Cl2FN3O. The molecule has 0 radical (unpaired) electrons. The van der Waals surface area contributed by atoms with Crippen molar-refractivity contribution in [3.8, 4) is 11.3 Å². The van der Waals surface area contributed by atoms with Gasteiger partial charge in [0.05, 0.1) is 15.7 Å². The fraction of sp³-hybridized carbons (Fsp3) is 0.375. The van der Waals surface area contributed by atoms with Gasteiger partial charge in [-0.05, 0) is 30.9 Å². The molecule has 7 heteroatoms. The van der Waals surface area contributed by atoms with E-state index in [1.807, 2.05) is 0 Å². The summed E-state index contributed by atoms with van der Waals surface area (Å²) in [6.07, 6.45) is 3.31. The molecule has 3 rings (SSSR count). The molecular weight excluding hydrogens is 340 g/mol. The molecule has 3 heterocycles. The number of hydrogen-bond acceptors (Lipinski definition) is 4. The van der Waals surface area contributed by atoms with Crippen molar-refractivity contribution in [2.45, 2.75) is 12.8 Å². The van der Waals surface area contributed by atoms with Crippen molar-refractivity contribution in [1.29, 1.82) is 0 Å². The molecule has 0 aliphatic carbocycles. The average Bonchev–Trinajstić information content (AvgIpc) is 2.57. The zero-order chi connectivity index (χ0) is 16.2. The van der Waals surface area contributed by atoms with E-state index in [4.69, 9.17) is 27.9 Å². The van der Waals surface area contributed by atoms with E-state index in [9.17, 15) is 4.39 Å². The molecule has 2 aromatic rings. The van der Waals surface area contributed by atoms with E-state index in [0.29, 0.717) is 33.0 Å². The van der Waals surface area contributed by atoms with Crippen molar-refractivity contribution in [3.05, 3.63) is 40.4 Å². The molecule has 0 unspecified atom stereocenters. The van der Waals surface area contributed by atoms with E-state index in [2.05, 4.69) is 15.3 Å². The van der Waals surface area contributed by atoms with Crippen molar-refractivity contribution in [2.24, 2.45) is 5.92 Å². The van der Waals surface area contributed by atoms with Gasteiger partial charge in [0.15, 0.2) is 0 Å². The Kier molecular flexibility index (Phi) is 5.30.